The molecule has 0 aromatic rings. The normalized spacial score (nSPS) is 13.6. The average Bonchev–Trinajstić information content (AvgIpc) is 3.09. The van der Waals surface area contributed by atoms with Crippen molar-refractivity contribution in [1.29, 1.82) is 0 Å². The fourth-order valence-corrected chi connectivity index (χ4v) is 4.62. The SMILES string of the molecule is O=C1C=CC(=O)N1CCCCCCCCCCCCCCCCCCCCCCCS. The van der Waals surface area contributed by atoms with Crippen LogP contribution in [-0.2, 0) is 9.59 Å². The van der Waals surface area contributed by atoms with Gasteiger partial charge in [0.1, 0.15) is 0 Å². The molecule has 0 N–H and O–H groups in total. The highest BCUT2D eigenvalue weighted by Gasteiger charge is 2.21. The van der Waals surface area contributed by atoms with Crippen LogP contribution < -0.4 is 0 Å². The molecule has 1 aliphatic heterocycles. The molecule has 180 valence electrons. The lowest BCUT2D eigenvalue weighted by Crippen LogP contribution is -2.30. The Morgan fingerprint density at radius 3 is 1.00 bits per heavy atom. The van der Waals surface area contributed by atoms with Gasteiger partial charge in [-0.25, -0.2) is 0 Å². The molecule has 0 fully saturated rings. The smallest absolute Gasteiger partial charge is 0.253 e. The maximum absolute atomic E-state index is 11.4. The van der Waals surface area contributed by atoms with E-state index in [1.807, 2.05) is 0 Å². The van der Waals surface area contributed by atoms with E-state index >= 15 is 0 Å². The van der Waals surface area contributed by atoms with Gasteiger partial charge in [-0.05, 0) is 18.6 Å². The minimum absolute atomic E-state index is 0.147. The zero-order valence-electron chi connectivity index (χ0n) is 20.1. The highest BCUT2D eigenvalue weighted by atomic mass is 32.1. The Balaban J connectivity index is 1.68. The maximum Gasteiger partial charge on any atom is 0.253 e. The monoisotopic (exact) mass is 451 g/mol. The molecule has 31 heavy (non-hydrogen) atoms. The van der Waals surface area contributed by atoms with E-state index in [0.717, 1.165) is 18.6 Å². The van der Waals surface area contributed by atoms with Gasteiger partial charge in [0.15, 0.2) is 0 Å². The summed E-state index contributed by atoms with van der Waals surface area (Å²) in [6.45, 7) is 0.585. The van der Waals surface area contributed by atoms with Gasteiger partial charge in [-0.3, -0.25) is 14.5 Å². The molecule has 4 heteroatoms. The van der Waals surface area contributed by atoms with E-state index in [1.54, 1.807) is 0 Å². The predicted molar refractivity (Wildman–Crippen MR) is 137 cm³/mol. The maximum atomic E-state index is 11.4. The Labute approximate surface area is 198 Å². The number of carbonyl (C=O) groups excluding carboxylic acids is 2. The van der Waals surface area contributed by atoms with Gasteiger partial charge in [0, 0.05) is 18.7 Å². The molecule has 0 radical (unpaired) electrons. The number of nitrogens with zero attached hydrogens (tertiary/aromatic N) is 1. The van der Waals surface area contributed by atoms with Gasteiger partial charge in [0.05, 0.1) is 0 Å². The first-order valence-corrected chi connectivity index (χ1v) is 14.0. The Morgan fingerprint density at radius 1 is 0.452 bits per heavy atom. The van der Waals surface area contributed by atoms with E-state index in [9.17, 15) is 9.59 Å². The third-order valence-electron chi connectivity index (χ3n) is 6.44. The van der Waals surface area contributed by atoms with E-state index in [1.165, 1.54) is 139 Å². The van der Waals surface area contributed by atoms with E-state index < -0.39 is 0 Å². The second-order valence-corrected chi connectivity index (χ2v) is 9.76. The first-order chi connectivity index (χ1) is 15.3. The Hall–Kier alpha value is -0.770. The largest absolute Gasteiger partial charge is 0.275 e. The number of unbranched alkanes of at least 4 members (excludes halogenated alkanes) is 20. The number of hydrogen-bond acceptors (Lipinski definition) is 3. The minimum Gasteiger partial charge on any atom is -0.275 e. The van der Waals surface area contributed by atoms with Gasteiger partial charge in [0.2, 0.25) is 0 Å². The molecule has 0 atom stereocenters. The third-order valence-corrected chi connectivity index (χ3v) is 6.76. The zero-order chi connectivity index (χ0) is 22.4. The molecule has 0 spiro atoms. The first-order valence-electron chi connectivity index (χ1n) is 13.4. The van der Waals surface area contributed by atoms with Crippen LogP contribution in [0.4, 0.5) is 0 Å². The van der Waals surface area contributed by atoms with Gasteiger partial charge in [-0.1, -0.05) is 122 Å². The van der Waals surface area contributed by atoms with Crippen molar-refractivity contribution < 1.29 is 9.59 Å². The Bertz CT molecular complexity index is 460. The van der Waals surface area contributed by atoms with Crippen molar-refractivity contribution in [2.24, 2.45) is 0 Å². The molecule has 0 saturated carbocycles. The van der Waals surface area contributed by atoms with Crippen molar-refractivity contribution in [2.45, 2.75) is 135 Å². The molecule has 2 amide bonds. The number of amides is 2. The van der Waals surface area contributed by atoms with Crippen LogP contribution in [0.15, 0.2) is 12.2 Å². The standard InChI is InChI=1S/C27H49NO2S/c29-26-22-23-27(30)28(26)24-20-18-16-14-12-10-8-6-4-2-1-3-5-7-9-11-13-15-17-19-21-25-31/h22-23,31H,1-21,24-25H2. The molecule has 1 rings (SSSR count). The summed E-state index contributed by atoms with van der Waals surface area (Å²) in [6, 6.07) is 0. The molecule has 0 aliphatic carbocycles. The summed E-state index contributed by atoms with van der Waals surface area (Å²) in [5.74, 6) is 0.757. The van der Waals surface area contributed by atoms with Crippen LogP contribution in [0.3, 0.4) is 0 Å². The van der Waals surface area contributed by atoms with Crippen LogP contribution in [0.5, 0.6) is 0 Å². The third kappa shape index (κ3) is 16.5. The second kappa shape index (κ2) is 21.1. The molecular formula is C27H49NO2S. The van der Waals surface area contributed by atoms with Crippen LogP contribution in [0.2, 0.25) is 0 Å². The van der Waals surface area contributed by atoms with Crippen molar-refractivity contribution >= 4 is 24.4 Å². The summed E-state index contributed by atoms with van der Waals surface area (Å²) in [5.41, 5.74) is 0. The van der Waals surface area contributed by atoms with Crippen LogP contribution in [0.25, 0.3) is 0 Å². The van der Waals surface area contributed by atoms with E-state index in [-0.39, 0.29) is 11.8 Å². The van der Waals surface area contributed by atoms with Gasteiger partial charge >= 0.3 is 0 Å². The molecule has 0 unspecified atom stereocenters. The summed E-state index contributed by atoms with van der Waals surface area (Å²) < 4.78 is 0. The highest BCUT2D eigenvalue weighted by Crippen LogP contribution is 2.15. The topological polar surface area (TPSA) is 37.4 Å². The minimum atomic E-state index is -0.147. The summed E-state index contributed by atoms with van der Waals surface area (Å²) in [5, 5.41) is 0. The summed E-state index contributed by atoms with van der Waals surface area (Å²) >= 11 is 4.26. The number of imide groups is 1. The lowest BCUT2D eigenvalue weighted by Gasteiger charge is -2.12. The van der Waals surface area contributed by atoms with E-state index in [2.05, 4.69) is 12.6 Å². The van der Waals surface area contributed by atoms with Crippen LogP contribution in [0.1, 0.15) is 135 Å². The van der Waals surface area contributed by atoms with Crippen molar-refractivity contribution in [3.63, 3.8) is 0 Å². The summed E-state index contributed by atoms with van der Waals surface area (Å²) in [7, 11) is 0. The van der Waals surface area contributed by atoms with Crippen molar-refractivity contribution in [3.05, 3.63) is 12.2 Å². The molecule has 0 saturated heterocycles. The number of hydrogen-bond donors (Lipinski definition) is 1. The molecule has 1 aliphatic rings. The molecule has 0 aromatic carbocycles. The van der Waals surface area contributed by atoms with E-state index in [4.69, 9.17) is 0 Å². The molecule has 3 nitrogen and oxygen atoms in total. The van der Waals surface area contributed by atoms with Crippen molar-refractivity contribution in [2.75, 3.05) is 12.3 Å². The van der Waals surface area contributed by atoms with E-state index in [0.29, 0.717) is 6.54 Å². The summed E-state index contributed by atoms with van der Waals surface area (Å²) in [6.07, 6.45) is 31.2. The number of carbonyl (C=O) groups is 2. The second-order valence-electron chi connectivity index (χ2n) is 9.31. The van der Waals surface area contributed by atoms with Crippen LogP contribution in [0, 0.1) is 0 Å². The van der Waals surface area contributed by atoms with Gasteiger partial charge in [-0.2, -0.15) is 12.6 Å². The van der Waals surface area contributed by atoms with Crippen LogP contribution >= 0.6 is 12.6 Å². The Morgan fingerprint density at radius 2 is 0.710 bits per heavy atom. The lowest BCUT2D eigenvalue weighted by molar-refractivity contribution is -0.136. The Kier molecular flexibility index (Phi) is 19.2. The molecular weight excluding hydrogens is 402 g/mol. The zero-order valence-corrected chi connectivity index (χ0v) is 21.0. The molecule has 0 bridgehead atoms. The number of thiol groups is 1. The van der Waals surface area contributed by atoms with Gasteiger partial charge < -0.3 is 0 Å². The first kappa shape index (κ1) is 28.3. The van der Waals surface area contributed by atoms with Crippen molar-refractivity contribution in [1.82, 2.24) is 4.90 Å². The molecule has 1 heterocycles. The van der Waals surface area contributed by atoms with Gasteiger partial charge in [0.25, 0.3) is 11.8 Å². The fourth-order valence-electron chi connectivity index (χ4n) is 4.39. The number of rotatable bonds is 23. The summed E-state index contributed by atoms with van der Waals surface area (Å²) in [4.78, 5) is 24.3. The van der Waals surface area contributed by atoms with Crippen LogP contribution in [-0.4, -0.2) is 29.0 Å². The van der Waals surface area contributed by atoms with Gasteiger partial charge in [-0.15, -0.1) is 0 Å². The quantitative estimate of drug-likeness (QED) is 0.0969. The average molecular weight is 452 g/mol. The fraction of sp³-hybridized carbons (Fsp3) is 0.852. The molecule has 0 aromatic heterocycles. The lowest BCUT2D eigenvalue weighted by atomic mass is 10.0. The van der Waals surface area contributed by atoms with Crippen molar-refractivity contribution in [3.8, 4) is 0 Å². The predicted octanol–water partition coefficient (Wildman–Crippen LogP) is 8.03. The highest BCUT2D eigenvalue weighted by molar-refractivity contribution is 7.80.